The molecule has 2 aromatic carbocycles. The Hall–Kier alpha value is -3.35. The normalized spacial score (nSPS) is 10.6. The zero-order chi connectivity index (χ0) is 20.1. The van der Waals surface area contributed by atoms with Crippen LogP contribution in [0.2, 0.25) is 0 Å². The molecule has 0 atom stereocenters. The standard InChI is InChI=1S/C21H21FN2O4/c1-13-17(24-21(28-13)14-4-7-16(22)8-5-14)10-11-23-20(25)15-6-9-18(26-2)19(12-15)27-3/h4-9,12H,10-11H2,1-3H3,(H,23,25). The number of methoxy groups -OCH3 is 2. The average molecular weight is 384 g/mol. The molecule has 28 heavy (non-hydrogen) atoms. The van der Waals surface area contributed by atoms with Gasteiger partial charge in [-0.15, -0.1) is 0 Å². The van der Waals surface area contributed by atoms with Gasteiger partial charge in [0.15, 0.2) is 11.5 Å². The van der Waals surface area contributed by atoms with Crippen molar-refractivity contribution in [1.29, 1.82) is 0 Å². The molecule has 0 aliphatic heterocycles. The lowest BCUT2D eigenvalue weighted by molar-refractivity contribution is 0.0953. The van der Waals surface area contributed by atoms with Crippen LogP contribution >= 0.6 is 0 Å². The predicted molar refractivity (Wildman–Crippen MR) is 102 cm³/mol. The number of rotatable bonds is 7. The van der Waals surface area contributed by atoms with Crippen molar-refractivity contribution in [3.05, 3.63) is 65.3 Å². The highest BCUT2D eigenvalue weighted by atomic mass is 19.1. The van der Waals surface area contributed by atoms with Crippen molar-refractivity contribution in [1.82, 2.24) is 10.3 Å². The van der Waals surface area contributed by atoms with Crippen molar-refractivity contribution in [2.24, 2.45) is 0 Å². The number of carbonyl (C=O) groups is 1. The Morgan fingerprint density at radius 3 is 2.50 bits per heavy atom. The summed E-state index contributed by atoms with van der Waals surface area (Å²) in [4.78, 5) is 16.8. The van der Waals surface area contributed by atoms with E-state index in [-0.39, 0.29) is 11.7 Å². The second-order valence-corrected chi connectivity index (χ2v) is 6.10. The van der Waals surface area contributed by atoms with E-state index >= 15 is 0 Å². The number of benzene rings is 2. The number of hydrogen-bond donors (Lipinski definition) is 1. The van der Waals surface area contributed by atoms with Gasteiger partial charge in [-0.05, 0) is 49.4 Å². The minimum atomic E-state index is -0.315. The molecule has 0 radical (unpaired) electrons. The smallest absolute Gasteiger partial charge is 0.251 e. The van der Waals surface area contributed by atoms with Crippen molar-refractivity contribution in [3.8, 4) is 23.0 Å². The van der Waals surface area contributed by atoms with Gasteiger partial charge in [-0.2, -0.15) is 0 Å². The summed E-state index contributed by atoms with van der Waals surface area (Å²) >= 11 is 0. The number of oxazole rings is 1. The highest BCUT2D eigenvalue weighted by Crippen LogP contribution is 2.27. The second-order valence-electron chi connectivity index (χ2n) is 6.10. The van der Waals surface area contributed by atoms with E-state index in [4.69, 9.17) is 13.9 Å². The molecule has 0 spiro atoms. The zero-order valence-corrected chi connectivity index (χ0v) is 15.9. The third kappa shape index (κ3) is 4.31. The zero-order valence-electron chi connectivity index (χ0n) is 15.9. The van der Waals surface area contributed by atoms with Crippen molar-refractivity contribution >= 4 is 5.91 Å². The first-order valence-electron chi connectivity index (χ1n) is 8.74. The number of ether oxygens (including phenoxy) is 2. The fourth-order valence-electron chi connectivity index (χ4n) is 2.75. The molecule has 3 rings (SSSR count). The Morgan fingerprint density at radius 1 is 1.11 bits per heavy atom. The largest absolute Gasteiger partial charge is 0.493 e. The van der Waals surface area contributed by atoms with Crippen LogP contribution in [0.15, 0.2) is 46.9 Å². The van der Waals surface area contributed by atoms with Crippen LogP contribution in [0.4, 0.5) is 4.39 Å². The molecular weight excluding hydrogens is 363 g/mol. The van der Waals surface area contributed by atoms with Crippen LogP contribution in [0, 0.1) is 12.7 Å². The molecule has 0 saturated heterocycles. The molecule has 0 unspecified atom stereocenters. The van der Waals surface area contributed by atoms with Crippen LogP contribution < -0.4 is 14.8 Å². The van der Waals surface area contributed by atoms with E-state index < -0.39 is 0 Å². The van der Waals surface area contributed by atoms with Crippen LogP contribution in [-0.2, 0) is 6.42 Å². The van der Waals surface area contributed by atoms with Crippen LogP contribution in [-0.4, -0.2) is 31.7 Å². The summed E-state index contributed by atoms with van der Waals surface area (Å²) in [6.45, 7) is 2.20. The molecular formula is C21H21FN2O4. The molecule has 6 nitrogen and oxygen atoms in total. The van der Waals surface area contributed by atoms with E-state index in [2.05, 4.69) is 10.3 Å². The minimum absolute atomic E-state index is 0.221. The quantitative estimate of drug-likeness (QED) is 0.671. The summed E-state index contributed by atoms with van der Waals surface area (Å²) in [5.74, 6) is 1.61. The summed E-state index contributed by atoms with van der Waals surface area (Å²) in [5.41, 5.74) is 1.92. The molecule has 0 fully saturated rings. The number of nitrogens with one attached hydrogen (secondary N) is 1. The predicted octanol–water partition coefficient (Wildman–Crippen LogP) is 3.78. The van der Waals surface area contributed by atoms with Gasteiger partial charge in [0.1, 0.15) is 11.6 Å². The van der Waals surface area contributed by atoms with Crippen LogP contribution in [0.1, 0.15) is 21.8 Å². The maximum absolute atomic E-state index is 13.1. The summed E-state index contributed by atoms with van der Waals surface area (Å²) in [5, 5.41) is 2.85. The maximum Gasteiger partial charge on any atom is 0.251 e. The number of aromatic nitrogens is 1. The number of aryl methyl sites for hydroxylation is 1. The summed E-state index contributed by atoms with van der Waals surface area (Å²) < 4.78 is 29.1. The molecule has 0 aliphatic carbocycles. The monoisotopic (exact) mass is 384 g/mol. The van der Waals surface area contributed by atoms with Crippen molar-refractivity contribution in [3.63, 3.8) is 0 Å². The minimum Gasteiger partial charge on any atom is -0.493 e. The molecule has 7 heteroatoms. The first kappa shape index (κ1) is 19.4. The van der Waals surface area contributed by atoms with Gasteiger partial charge in [0, 0.05) is 24.1 Å². The molecule has 3 aromatic rings. The first-order chi connectivity index (χ1) is 13.5. The van der Waals surface area contributed by atoms with Crippen molar-refractivity contribution in [2.45, 2.75) is 13.3 Å². The summed E-state index contributed by atoms with van der Waals surface area (Å²) in [6.07, 6.45) is 0.509. The molecule has 1 N–H and O–H groups in total. The third-order valence-corrected chi connectivity index (χ3v) is 4.28. The number of nitrogens with zero attached hydrogens (tertiary/aromatic N) is 1. The van der Waals surface area contributed by atoms with Crippen molar-refractivity contribution in [2.75, 3.05) is 20.8 Å². The van der Waals surface area contributed by atoms with Gasteiger partial charge in [-0.25, -0.2) is 9.37 Å². The number of carbonyl (C=O) groups excluding carboxylic acids is 1. The molecule has 0 bridgehead atoms. The fraction of sp³-hybridized carbons (Fsp3) is 0.238. The van der Waals surface area contributed by atoms with Crippen molar-refractivity contribution < 1.29 is 23.1 Å². The molecule has 0 saturated carbocycles. The SMILES string of the molecule is COc1ccc(C(=O)NCCc2nc(-c3ccc(F)cc3)oc2C)cc1OC. The Labute approximate surface area is 162 Å². The van der Waals surface area contributed by atoms with Gasteiger partial charge in [-0.3, -0.25) is 4.79 Å². The highest BCUT2D eigenvalue weighted by molar-refractivity contribution is 5.94. The Kier molecular flexibility index (Phi) is 5.93. The van der Waals surface area contributed by atoms with E-state index in [1.54, 1.807) is 30.3 Å². The second kappa shape index (κ2) is 8.56. The van der Waals surface area contributed by atoms with E-state index in [0.29, 0.717) is 47.2 Å². The molecule has 1 heterocycles. The molecule has 1 amide bonds. The lowest BCUT2D eigenvalue weighted by Crippen LogP contribution is -2.25. The third-order valence-electron chi connectivity index (χ3n) is 4.28. The van der Waals surface area contributed by atoms with Gasteiger partial charge in [0.25, 0.3) is 5.91 Å². The molecule has 1 aromatic heterocycles. The lowest BCUT2D eigenvalue weighted by Gasteiger charge is -2.09. The first-order valence-corrected chi connectivity index (χ1v) is 8.74. The van der Waals surface area contributed by atoms with Crippen LogP contribution in [0.25, 0.3) is 11.5 Å². The highest BCUT2D eigenvalue weighted by Gasteiger charge is 2.13. The maximum atomic E-state index is 13.1. The Morgan fingerprint density at radius 2 is 1.82 bits per heavy atom. The lowest BCUT2D eigenvalue weighted by atomic mass is 10.2. The van der Waals surface area contributed by atoms with Gasteiger partial charge >= 0.3 is 0 Å². The van der Waals surface area contributed by atoms with E-state index in [1.807, 2.05) is 6.92 Å². The topological polar surface area (TPSA) is 73.6 Å². The Balaban J connectivity index is 1.62. The summed E-state index contributed by atoms with van der Waals surface area (Å²) in [7, 11) is 3.06. The van der Waals surface area contributed by atoms with Gasteiger partial charge in [0.05, 0.1) is 19.9 Å². The average Bonchev–Trinajstić information content (AvgIpc) is 3.08. The van der Waals surface area contributed by atoms with E-state index in [1.165, 1.54) is 26.4 Å². The number of halogens is 1. The van der Waals surface area contributed by atoms with Gasteiger partial charge < -0.3 is 19.2 Å². The molecule has 146 valence electrons. The van der Waals surface area contributed by atoms with Gasteiger partial charge in [-0.1, -0.05) is 0 Å². The van der Waals surface area contributed by atoms with Crippen LogP contribution in [0.5, 0.6) is 11.5 Å². The summed E-state index contributed by atoms with van der Waals surface area (Å²) in [6, 6.07) is 10.9. The van der Waals surface area contributed by atoms with Gasteiger partial charge in [0.2, 0.25) is 5.89 Å². The fourth-order valence-corrected chi connectivity index (χ4v) is 2.75. The van der Waals surface area contributed by atoms with Crippen LogP contribution in [0.3, 0.4) is 0 Å². The van der Waals surface area contributed by atoms with E-state index in [9.17, 15) is 9.18 Å². The molecule has 0 aliphatic rings. The number of hydrogen-bond acceptors (Lipinski definition) is 5. The Bertz CT molecular complexity index is 967. The number of amides is 1. The van der Waals surface area contributed by atoms with E-state index in [0.717, 1.165) is 5.69 Å².